The monoisotopic (exact) mass is 538 g/mol. The van der Waals surface area contributed by atoms with Crippen molar-refractivity contribution in [3.63, 3.8) is 0 Å². The summed E-state index contributed by atoms with van der Waals surface area (Å²) in [6.45, 7) is 0.968. The molecule has 1 saturated carbocycles. The summed E-state index contributed by atoms with van der Waals surface area (Å²) in [4.78, 5) is 16.2. The Bertz CT molecular complexity index is 1150. The number of nitrogens with one attached hydrogen (secondary N) is 1. The van der Waals surface area contributed by atoms with Gasteiger partial charge in [0.2, 0.25) is 0 Å². The lowest BCUT2D eigenvalue weighted by Gasteiger charge is -2.25. The quantitative estimate of drug-likeness (QED) is 0.275. The van der Waals surface area contributed by atoms with Gasteiger partial charge in [-0.2, -0.15) is 13.2 Å². The van der Waals surface area contributed by atoms with Gasteiger partial charge in [0.15, 0.2) is 0 Å². The van der Waals surface area contributed by atoms with Crippen LogP contribution in [-0.2, 0) is 29.0 Å². The van der Waals surface area contributed by atoms with E-state index in [4.69, 9.17) is 26.3 Å². The van der Waals surface area contributed by atoms with Gasteiger partial charge in [-0.1, -0.05) is 48.2 Å². The number of hydrogen-bond acceptors (Lipinski definition) is 5. The third kappa shape index (κ3) is 7.17. The Morgan fingerprint density at radius 1 is 1.19 bits per heavy atom. The summed E-state index contributed by atoms with van der Waals surface area (Å²) >= 11 is 6.42. The van der Waals surface area contributed by atoms with Crippen LogP contribution < -0.4 is 10.1 Å². The molecular formula is C27H30ClF3N2O4. The van der Waals surface area contributed by atoms with Crippen molar-refractivity contribution in [3.05, 3.63) is 63.2 Å². The Hall–Kier alpha value is -2.78. The number of rotatable bonds is 9. The minimum atomic E-state index is -4.43. The number of carboxylic acids is 1. The van der Waals surface area contributed by atoms with Gasteiger partial charge in [0.25, 0.3) is 0 Å². The van der Waals surface area contributed by atoms with E-state index in [1.807, 2.05) is 0 Å². The van der Waals surface area contributed by atoms with E-state index in [0.717, 1.165) is 37.7 Å². The van der Waals surface area contributed by atoms with E-state index >= 15 is 0 Å². The number of oxime groups is 1. The molecule has 37 heavy (non-hydrogen) atoms. The number of alkyl halides is 3. The van der Waals surface area contributed by atoms with Gasteiger partial charge in [0.1, 0.15) is 12.4 Å². The summed E-state index contributed by atoms with van der Waals surface area (Å²) < 4.78 is 47.3. The van der Waals surface area contributed by atoms with Crippen molar-refractivity contribution in [2.24, 2.45) is 5.16 Å². The van der Waals surface area contributed by atoms with Crippen LogP contribution in [0.2, 0.25) is 5.02 Å². The molecule has 0 aromatic heterocycles. The van der Waals surface area contributed by atoms with Gasteiger partial charge in [-0.15, -0.1) is 0 Å². The van der Waals surface area contributed by atoms with Crippen LogP contribution in [-0.4, -0.2) is 29.9 Å². The zero-order valence-corrected chi connectivity index (χ0v) is 21.1. The second-order valence-corrected chi connectivity index (χ2v) is 9.83. The number of nitrogens with zero attached hydrogens (tertiary/aromatic N) is 1. The SMILES string of the molecule is O=C(O)CCNCc1cc2c(cc1Cl)/C(=N/OCc1ccc(C3CCCCC3)c(C(F)(F)F)c1)CCO2. The van der Waals surface area contributed by atoms with Gasteiger partial charge in [-0.25, -0.2) is 0 Å². The minimum Gasteiger partial charge on any atom is -0.492 e. The number of ether oxygens (including phenoxy) is 1. The molecule has 2 aliphatic rings. The zero-order chi connectivity index (χ0) is 26.4. The molecule has 10 heteroatoms. The van der Waals surface area contributed by atoms with Gasteiger partial charge in [-0.05, 0) is 53.6 Å². The molecule has 4 rings (SSSR count). The summed E-state index contributed by atoms with van der Waals surface area (Å²) in [5, 5.41) is 16.4. The first-order chi connectivity index (χ1) is 17.7. The number of hydrogen-bond donors (Lipinski definition) is 2. The van der Waals surface area contributed by atoms with Gasteiger partial charge in [0, 0.05) is 30.1 Å². The predicted octanol–water partition coefficient (Wildman–Crippen LogP) is 6.67. The molecule has 2 N–H and O–H groups in total. The zero-order valence-electron chi connectivity index (χ0n) is 20.4. The van der Waals surface area contributed by atoms with Gasteiger partial charge >= 0.3 is 12.1 Å². The summed E-state index contributed by atoms with van der Waals surface area (Å²) in [7, 11) is 0. The standard InChI is InChI=1S/C27H30ClF3N2O4/c28-23-14-21-24(9-11-36-25(21)13-19(23)15-32-10-8-26(34)35)33-37-16-17-6-7-20(18-4-2-1-3-5-18)22(12-17)27(29,30)31/h6-7,12-14,18,32H,1-5,8-11,15-16H2,(H,34,35)/b33-24+. The maximum Gasteiger partial charge on any atom is 0.416 e. The van der Waals surface area contributed by atoms with Crippen LogP contribution in [0.1, 0.15) is 78.7 Å². The number of carboxylic acid groups (broad SMARTS) is 1. The van der Waals surface area contributed by atoms with Crippen molar-refractivity contribution in [1.29, 1.82) is 0 Å². The van der Waals surface area contributed by atoms with E-state index in [1.54, 1.807) is 24.3 Å². The van der Waals surface area contributed by atoms with Crippen molar-refractivity contribution in [3.8, 4) is 5.75 Å². The Balaban J connectivity index is 1.45. The van der Waals surface area contributed by atoms with Crippen LogP contribution in [0.4, 0.5) is 13.2 Å². The molecule has 1 aliphatic heterocycles. The molecule has 0 unspecified atom stereocenters. The van der Waals surface area contributed by atoms with Gasteiger partial charge < -0.3 is 20.0 Å². The molecular weight excluding hydrogens is 509 g/mol. The topological polar surface area (TPSA) is 80.2 Å². The molecule has 200 valence electrons. The van der Waals surface area contributed by atoms with E-state index in [-0.39, 0.29) is 18.9 Å². The number of aliphatic carboxylic acids is 1. The lowest BCUT2D eigenvalue weighted by atomic mass is 9.81. The van der Waals surface area contributed by atoms with Crippen LogP contribution in [0.25, 0.3) is 0 Å². The lowest BCUT2D eigenvalue weighted by Crippen LogP contribution is -2.20. The Labute approximate surface area is 218 Å². The third-order valence-electron chi connectivity index (χ3n) is 6.76. The average molecular weight is 539 g/mol. The minimum absolute atomic E-state index is 0.000969. The summed E-state index contributed by atoms with van der Waals surface area (Å²) in [6, 6.07) is 7.97. The first-order valence-electron chi connectivity index (χ1n) is 12.5. The van der Waals surface area contributed by atoms with Gasteiger partial charge in [0.05, 0.1) is 24.3 Å². The highest BCUT2D eigenvalue weighted by Crippen LogP contribution is 2.41. The highest BCUT2D eigenvalue weighted by Gasteiger charge is 2.35. The molecule has 0 bridgehead atoms. The summed E-state index contributed by atoms with van der Waals surface area (Å²) in [5.74, 6) is -0.367. The van der Waals surface area contributed by atoms with E-state index in [0.29, 0.717) is 59.3 Å². The largest absolute Gasteiger partial charge is 0.492 e. The molecule has 0 spiro atoms. The highest BCUT2D eigenvalue weighted by molar-refractivity contribution is 6.32. The van der Waals surface area contributed by atoms with E-state index in [9.17, 15) is 18.0 Å². The molecule has 1 heterocycles. The molecule has 0 saturated heterocycles. The normalized spacial score (nSPS) is 17.4. The van der Waals surface area contributed by atoms with Crippen LogP contribution >= 0.6 is 11.6 Å². The predicted molar refractivity (Wildman–Crippen MR) is 134 cm³/mol. The fourth-order valence-electron chi connectivity index (χ4n) is 4.87. The Morgan fingerprint density at radius 3 is 2.70 bits per heavy atom. The van der Waals surface area contributed by atoms with Crippen molar-refractivity contribution >= 4 is 23.3 Å². The molecule has 2 aromatic carbocycles. The van der Waals surface area contributed by atoms with Crippen molar-refractivity contribution in [2.75, 3.05) is 13.2 Å². The van der Waals surface area contributed by atoms with Crippen LogP contribution in [0.3, 0.4) is 0 Å². The molecule has 0 atom stereocenters. The van der Waals surface area contributed by atoms with Crippen molar-refractivity contribution in [1.82, 2.24) is 5.32 Å². The molecule has 1 aliphatic carbocycles. The van der Waals surface area contributed by atoms with Crippen LogP contribution in [0, 0.1) is 0 Å². The van der Waals surface area contributed by atoms with Crippen molar-refractivity contribution in [2.45, 2.75) is 70.2 Å². The molecule has 2 aromatic rings. The van der Waals surface area contributed by atoms with E-state index < -0.39 is 17.7 Å². The van der Waals surface area contributed by atoms with E-state index in [1.165, 1.54) is 6.07 Å². The molecule has 1 fully saturated rings. The third-order valence-corrected chi connectivity index (χ3v) is 7.11. The summed E-state index contributed by atoms with van der Waals surface area (Å²) in [5.41, 5.74) is 2.22. The fourth-order valence-corrected chi connectivity index (χ4v) is 5.10. The Kier molecular flexibility index (Phi) is 8.97. The van der Waals surface area contributed by atoms with Crippen molar-refractivity contribution < 1.29 is 32.6 Å². The number of halogens is 4. The molecule has 0 amide bonds. The first kappa shape index (κ1) is 27.3. The maximum absolute atomic E-state index is 13.8. The summed E-state index contributed by atoms with van der Waals surface area (Å²) in [6.07, 6.45) is 0.618. The number of benzene rings is 2. The Morgan fingerprint density at radius 2 is 1.97 bits per heavy atom. The maximum atomic E-state index is 13.8. The number of carbonyl (C=O) groups is 1. The lowest BCUT2D eigenvalue weighted by molar-refractivity contribution is -0.139. The van der Waals surface area contributed by atoms with Crippen LogP contribution in [0.15, 0.2) is 35.5 Å². The molecule has 0 radical (unpaired) electrons. The number of fused-ring (bicyclic) bond motifs is 1. The van der Waals surface area contributed by atoms with Gasteiger partial charge in [-0.3, -0.25) is 4.79 Å². The smallest absolute Gasteiger partial charge is 0.416 e. The second kappa shape index (κ2) is 12.2. The van der Waals surface area contributed by atoms with Crippen LogP contribution in [0.5, 0.6) is 5.75 Å². The second-order valence-electron chi connectivity index (χ2n) is 9.42. The fraction of sp³-hybridized carbons (Fsp3) is 0.481. The molecule has 6 nitrogen and oxygen atoms in total. The average Bonchev–Trinajstić information content (AvgIpc) is 2.87. The highest BCUT2D eigenvalue weighted by atomic mass is 35.5. The van der Waals surface area contributed by atoms with E-state index in [2.05, 4.69) is 10.5 Å². The first-order valence-corrected chi connectivity index (χ1v) is 12.9.